The van der Waals surface area contributed by atoms with E-state index in [2.05, 4.69) is 10.1 Å². The molecule has 1 aromatic carbocycles. The third kappa shape index (κ3) is 2.51. The Balaban J connectivity index is 2.33. The number of nitrogens with zero attached hydrogens (tertiary/aromatic N) is 2. The van der Waals surface area contributed by atoms with Crippen LogP contribution in [0.15, 0.2) is 18.2 Å². The first-order valence-electron chi connectivity index (χ1n) is 5.04. The van der Waals surface area contributed by atoms with E-state index in [1.165, 1.54) is 0 Å². The van der Waals surface area contributed by atoms with Crippen molar-refractivity contribution in [2.24, 2.45) is 0 Å². The van der Waals surface area contributed by atoms with Gasteiger partial charge in [0.1, 0.15) is 17.9 Å². The van der Waals surface area contributed by atoms with Crippen LogP contribution < -0.4 is 15.0 Å². The zero-order valence-electron chi connectivity index (χ0n) is 9.34. The molecule has 0 spiro atoms. The van der Waals surface area contributed by atoms with Crippen LogP contribution >= 0.6 is 0 Å². The predicted molar refractivity (Wildman–Crippen MR) is 61.2 cm³/mol. The Morgan fingerprint density at radius 2 is 2.29 bits per heavy atom. The largest absolute Gasteiger partial charge is 0.491 e. The summed E-state index contributed by atoms with van der Waals surface area (Å²) >= 11 is 0. The van der Waals surface area contributed by atoms with Crippen molar-refractivity contribution in [2.45, 2.75) is 0 Å². The van der Waals surface area contributed by atoms with Gasteiger partial charge in [0.05, 0.1) is 17.6 Å². The van der Waals surface area contributed by atoms with Crippen molar-refractivity contribution >= 4 is 17.0 Å². The van der Waals surface area contributed by atoms with Crippen molar-refractivity contribution in [2.75, 3.05) is 26.1 Å². The molecule has 0 saturated heterocycles. The molecule has 2 rings (SSSR count). The van der Waals surface area contributed by atoms with Crippen LogP contribution in [-0.4, -0.2) is 30.4 Å². The Hall–Kier alpha value is -2.15. The normalized spacial score (nSPS) is 10.6. The van der Waals surface area contributed by atoms with E-state index in [-0.39, 0.29) is 5.95 Å². The SMILES string of the molecule is COCCOc1ccc2nc(N)[nH][n+](=O)c2c1. The molecule has 0 atom stereocenters. The first-order chi connectivity index (χ1) is 8.20. The minimum Gasteiger partial charge on any atom is -0.491 e. The summed E-state index contributed by atoms with van der Waals surface area (Å²) in [6.07, 6.45) is 0. The molecule has 0 saturated carbocycles. The molecule has 0 radical (unpaired) electrons. The molecule has 0 aliphatic carbocycles. The fourth-order valence-electron chi connectivity index (χ4n) is 1.41. The van der Waals surface area contributed by atoms with Gasteiger partial charge in [-0.2, -0.15) is 0 Å². The van der Waals surface area contributed by atoms with Gasteiger partial charge in [-0.3, -0.25) is 0 Å². The molecule has 7 heteroatoms. The third-order valence-corrected chi connectivity index (χ3v) is 2.18. The standard InChI is InChI=1S/C10H13N4O3/c1-16-4-5-17-7-2-3-8-9(6-7)14(15)13-10(11)12-8/h2-3,6H,4-5H2,1H3,(H3,11,12,13,15)/q+1. The number of aromatic amines is 1. The van der Waals surface area contributed by atoms with E-state index in [9.17, 15) is 4.91 Å². The van der Waals surface area contributed by atoms with Crippen LogP contribution in [0, 0.1) is 4.91 Å². The molecule has 0 fully saturated rings. The number of anilines is 1. The molecule has 0 unspecified atom stereocenters. The second-order valence-corrected chi connectivity index (χ2v) is 3.40. The summed E-state index contributed by atoms with van der Waals surface area (Å²) in [5, 5.41) is 2.36. The number of hydrogen-bond acceptors (Lipinski definition) is 5. The van der Waals surface area contributed by atoms with E-state index in [0.29, 0.717) is 34.5 Å². The van der Waals surface area contributed by atoms with Crippen LogP contribution in [0.4, 0.5) is 5.95 Å². The summed E-state index contributed by atoms with van der Waals surface area (Å²) in [7, 11) is 1.59. The van der Waals surface area contributed by atoms with Crippen LogP contribution in [0.25, 0.3) is 11.0 Å². The van der Waals surface area contributed by atoms with Gasteiger partial charge in [0.15, 0.2) is 4.54 Å². The fraction of sp³-hybridized carbons (Fsp3) is 0.300. The van der Waals surface area contributed by atoms with Gasteiger partial charge in [0, 0.05) is 7.11 Å². The van der Waals surface area contributed by atoms with Gasteiger partial charge in [-0.15, -0.1) is 0 Å². The Bertz CT molecular complexity index is 581. The maximum Gasteiger partial charge on any atom is 0.321 e. The number of nitrogens with one attached hydrogen (secondary N) is 1. The van der Waals surface area contributed by atoms with Crippen molar-refractivity contribution in [1.29, 1.82) is 0 Å². The molecule has 17 heavy (non-hydrogen) atoms. The highest BCUT2D eigenvalue weighted by Gasteiger charge is 2.11. The molecule has 1 aromatic heterocycles. The Kier molecular flexibility index (Phi) is 3.20. The summed E-state index contributed by atoms with van der Waals surface area (Å²) in [6, 6.07) is 5.00. The Morgan fingerprint density at radius 1 is 1.47 bits per heavy atom. The van der Waals surface area contributed by atoms with Gasteiger partial charge in [0.25, 0.3) is 5.95 Å². The van der Waals surface area contributed by atoms with Crippen molar-refractivity contribution in [3.8, 4) is 5.75 Å². The van der Waals surface area contributed by atoms with Gasteiger partial charge in [-0.05, 0) is 12.1 Å². The molecule has 0 aliphatic rings. The van der Waals surface area contributed by atoms with E-state index in [0.717, 1.165) is 0 Å². The number of hydrogen-bond donors (Lipinski definition) is 2. The number of fused-ring (bicyclic) bond motifs is 1. The quantitative estimate of drug-likeness (QED) is 0.580. The van der Waals surface area contributed by atoms with Gasteiger partial charge in [-0.1, -0.05) is 5.10 Å². The van der Waals surface area contributed by atoms with Crippen LogP contribution in [0.3, 0.4) is 0 Å². The van der Waals surface area contributed by atoms with E-state index < -0.39 is 0 Å². The second-order valence-electron chi connectivity index (χ2n) is 3.40. The number of aromatic nitrogens is 3. The van der Waals surface area contributed by atoms with Gasteiger partial charge < -0.3 is 15.2 Å². The average molecular weight is 237 g/mol. The summed E-state index contributed by atoms with van der Waals surface area (Å²) in [5.41, 5.74) is 6.30. The van der Waals surface area contributed by atoms with E-state index in [1.54, 1.807) is 25.3 Å². The number of H-pyrrole nitrogens is 1. The van der Waals surface area contributed by atoms with Crippen LogP contribution in [0.2, 0.25) is 0 Å². The number of methoxy groups -OCH3 is 1. The van der Waals surface area contributed by atoms with Crippen LogP contribution in [0.5, 0.6) is 5.75 Å². The molecule has 90 valence electrons. The predicted octanol–water partition coefficient (Wildman–Crippen LogP) is 0.0848. The smallest absolute Gasteiger partial charge is 0.321 e. The molecule has 7 nitrogen and oxygen atoms in total. The van der Waals surface area contributed by atoms with Crippen molar-refractivity contribution in [3.05, 3.63) is 23.1 Å². The lowest BCUT2D eigenvalue weighted by atomic mass is 10.3. The Morgan fingerprint density at radius 3 is 3.06 bits per heavy atom. The van der Waals surface area contributed by atoms with Gasteiger partial charge in [-0.25, -0.2) is 4.98 Å². The van der Waals surface area contributed by atoms with E-state index in [4.69, 9.17) is 15.2 Å². The summed E-state index contributed by atoms with van der Waals surface area (Å²) in [4.78, 5) is 15.5. The lowest BCUT2D eigenvalue weighted by Gasteiger charge is -2.03. The highest BCUT2D eigenvalue weighted by Crippen LogP contribution is 2.16. The maximum absolute atomic E-state index is 11.5. The van der Waals surface area contributed by atoms with Gasteiger partial charge in [0.2, 0.25) is 0 Å². The number of ether oxygens (including phenoxy) is 2. The minimum atomic E-state index is 0.0700. The second kappa shape index (κ2) is 4.79. The molecular formula is C10H13N4O3+. The lowest BCUT2D eigenvalue weighted by molar-refractivity contribution is -0.535. The molecular weight excluding hydrogens is 224 g/mol. The van der Waals surface area contributed by atoms with E-state index >= 15 is 0 Å². The fourth-order valence-corrected chi connectivity index (χ4v) is 1.41. The lowest BCUT2D eigenvalue weighted by Crippen LogP contribution is -2.23. The number of nitrogen functional groups attached to an aromatic ring is 1. The molecule has 3 N–H and O–H groups in total. The Labute approximate surface area is 96.8 Å². The molecule has 2 aromatic rings. The van der Waals surface area contributed by atoms with Crippen molar-refractivity contribution in [3.63, 3.8) is 0 Å². The van der Waals surface area contributed by atoms with Gasteiger partial charge >= 0.3 is 5.52 Å². The monoisotopic (exact) mass is 237 g/mol. The molecule has 0 amide bonds. The third-order valence-electron chi connectivity index (χ3n) is 2.18. The first-order valence-corrected chi connectivity index (χ1v) is 5.04. The van der Waals surface area contributed by atoms with Crippen molar-refractivity contribution < 1.29 is 14.0 Å². The number of rotatable bonds is 4. The zero-order valence-corrected chi connectivity index (χ0v) is 9.34. The minimum absolute atomic E-state index is 0.0700. The molecule has 0 bridgehead atoms. The van der Waals surface area contributed by atoms with Crippen LogP contribution in [-0.2, 0) is 4.74 Å². The van der Waals surface area contributed by atoms with E-state index in [1.807, 2.05) is 0 Å². The van der Waals surface area contributed by atoms with Crippen molar-refractivity contribution in [1.82, 2.24) is 10.1 Å². The highest BCUT2D eigenvalue weighted by molar-refractivity contribution is 5.73. The maximum atomic E-state index is 11.5. The summed E-state index contributed by atoms with van der Waals surface area (Å²) in [6.45, 7) is 0.911. The summed E-state index contributed by atoms with van der Waals surface area (Å²) < 4.78 is 10.8. The average Bonchev–Trinajstić information content (AvgIpc) is 2.30. The molecule has 1 heterocycles. The highest BCUT2D eigenvalue weighted by atomic mass is 16.5. The summed E-state index contributed by atoms with van der Waals surface area (Å²) in [5.74, 6) is 0.652. The first kappa shape index (κ1) is 11.3. The topological polar surface area (TPSA) is 96.1 Å². The molecule has 0 aliphatic heterocycles. The zero-order chi connectivity index (χ0) is 12.3. The number of nitrogens with two attached hydrogens (primary N) is 1. The van der Waals surface area contributed by atoms with Crippen LogP contribution in [0.1, 0.15) is 0 Å². The number of benzene rings is 1.